The number of benzene rings is 1. The van der Waals surface area contributed by atoms with E-state index >= 15 is 0 Å². The summed E-state index contributed by atoms with van der Waals surface area (Å²) in [7, 11) is 0. The van der Waals surface area contributed by atoms with Crippen LogP contribution in [-0.4, -0.2) is 45.2 Å². The molecule has 7 heteroatoms. The third kappa shape index (κ3) is 3.06. The van der Waals surface area contributed by atoms with Crippen LogP contribution in [0.2, 0.25) is 0 Å². The van der Waals surface area contributed by atoms with Crippen molar-refractivity contribution in [1.82, 2.24) is 14.9 Å². The van der Waals surface area contributed by atoms with Gasteiger partial charge in [0.1, 0.15) is 0 Å². The van der Waals surface area contributed by atoms with Crippen LogP contribution in [0.15, 0.2) is 24.4 Å². The molecule has 5 nitrogen and oxygen atoms in total. The first-order chi connectivity index (χ1) is 13.6. The molecule has 2 bridgehead atoms. The normalized spacial score (nSPS) is 27.1. The highest BCUT2D eigenvalue weighted by Gasteiger charge is 2.41. The van der Waals surface area contributed by atoms with Gasteiger partial charge in [0.25, 0.3) is 0 Å². The molecule has 2 aromatic rings. The average molecular weight is 386 g/mol. The molecule has 1 aromatic heterocycles. The third-order valence-electron chi connectivity index (χ3n) is 6.38. The summed E-state index contributed by atoms with van der Waals surface area (Å²) in [6.07, 6.45) is 6.17. The monoisotopic (exact) mass is 386 g/mol. The number of aromatic nitrogens is 2. The number of rotatable bonds is 3. The summed E-state index contributed by atoms with van der Waals surface area (Å²) in [6.45, 7) is 1.85. The molecule has 3 unspecified atom stereocenters. The molecule has 2 saturated heterocycles. The molecule has 0 aliphatic carbocycles. The Hall–Kier alpha value is -2.12. The molecule has 1 N–H and O–H groups in total. The highest BCUT2D eigenvalue weighted by Crippen LogP contribution is 2.44. The number of aliphatic hydroxyl groups excluding tert-OH is 1. The minimum absolute atomic E-state index is 0.150. The zero-order valence-corrected chi connectivity index (χ0v) is 15.7. The Balaban J connectivity index is 1.40. The molecule has 3 aliphatic rings. The van der Waals surface area contributed by atoms with E-state index in [2.05, 4.69) is 14.8 Å². The lowest BCUT2D eigenvalue weighted by Gasteiger charge is -2.36. The number of hydrogen-bond donors (Lipinski definition) is 1. The highest BCUT2D eigenvalue weighted by atomic mass is 19.2. The van der Waals surface area contributed by atoms with Crippen molar-refractivity contribution in [3.05, 3.63) is 52.9 Å². The highest BCUT2D eigenvalue weighted by molar-refractivity contribution is 5.38. The average Bonchev–Trinajstić information content (AvgIpc) is 2.97. The van der Waals surface area contributed by atoms with Crippen molar-refractivity contribution in [2.75, 3.05) is 18.0 Å². The molecule has 0 amide bonds. The largest absolute Gasteiger partial charge is 0.391 e. The lowest BCUT2D eigenvalue weighted by Crippen LogP contribution is -2.41. The maximum atomic E-state index is 14.2. The summed E-state index contributed by atoms with van der Waals surface area (Å²) < 4.78 is 27.8. The van der Waals surface area contributed by atoms with E-state index < -0.39 is 11.6 Å². The molecule has 3 atom stereocenters. The fourth-order valence-electron chi connectivity index (χ4n) is 4.97. The second kappa shape index (κ2) is 7.04. The minimum Gasteiger partial charge on any atom is -0.391 e. The maximum Gasteiger partial charge on any atom is 0.225 e. The number of fused-ring (bicyclic) bond motifs is 4. The van der Waals surface area contributed by atoms with Gasteiger partial charge in [0.05, 0.1) is 11.8 Å². The van der Waals surface area contributed by atoms with E-state index in [0.29, 0.717) is 24.6 Å². The molecular weight excluding hydrogens is 362 g/mol. The van der Waals surface area contributed by atoms with Crippen molar-refractivity contribution in [2.45, 2.75) is 56.8 Å². The molecule has 4 heterocycles. The van der Waals surface area contributed by atoms with E-state index in [1.807, 2.05) is 6.20 Å². The molecule has 0 radical (unpaired) electrons. The third-order valence-corrected chi connectivity index (χ3v) is 6.38. The van der Waals surface area contributed by atoms with E-state index in [4.69, 9.17) is 4.98 Å². The summed E-state index contributed by atoms with van der Waals surface area (Å²) in [4.78, 5) is 13.7. The number of β-amino-alcohol motifs (C(OH)–C–C–N with tert-alkyl or cyclic N) is 1. The number of hydrogen-bond acceptors (Lipinski definition) is 5. The van der Waals surface area contributed by atoms with Crippen molar-refractivity contribution in [2.24, 2.45) is 0 Å². The van der Waals surface area contributed by atoms with Gasteiger partial charge in [-0.05, 0) is 31.7 Å². The Bertz CT molecular complexity index is 893. The van der Waals surface area contributed by atoms with Gasteiger partial charge in [-0.15, -0.1) is 0 Å². The van der Waals surface area contributed by atoms with Gasteiger partial charge >= 0.3 is 0 Å². The van der Waals surface area contributed by atoms with Gasteiger partial charge in [0, 0.05) is 55.5 Å². The fourth-order valence-corrected chi connectivity index (χ4v) is 4.97. The van der Waals surface area contributed by atoms with Gasteiger partial charge in [0.2, 0.25) is 5.95 Å². The Morgan fingerprint density at radius 3 is 2.93 bits per heavy atom. The fraction of sp³-hybridized carbons (Fsp3) is 0.524. The Labute approximate surface area is 163 Å². The molecule has 5 rings (SSSR count). The zero-order chi connectivity index (χ0) is 19.3. The molecule has 1 aromatic carbocycles. The maximum absolute atomic E-state index is 14.2. The van der Waals surface area contributed by atoms with Crippen molar-refractivity contribution in [3.8, 4) is 0 Å². The summed E-state index contributed by atoms with van der Waals surface area (Å²) in [5.41, 5.74) is 2.57. The van der Waals surface area contributed by atoms with Crippen molar-refractivity contribution in [1.29, 1.82) is 0 Å². The second-order valence-corrected chi connectivity index (χ2v) is 8.15. The summed E-state index contributed by atoms with van der Waals surface area (Å²) in [5.74, 6) is -0.844. The number of piperidine rings is 1. The zero-order valence-electron chi connectivity index (χ0n) is 15.7. The molecule has 0 spiro atoms. The minimum atomic E-state index is -0.793. The Morgan fingerprint density at radius 1 is 1.18 bits per heavy atom. The first kappa shape index (κ1) is 17.9. The van der Waals surface area contributed by atoms with Gasteiger partial charge in [-0.1, -0.05) is 12.1 Å². The summed E-state index contributed by atoms with van der Waals surface area (Å²) >= 11 is 0. The van der Waals surface area contributed by atoms with E-state index in [1.165, 1.54) is 0 Å². The number of aliphatic hydroxyl groups is 1. The van der Waals surface area contributed by atoms with Crippen molar-refractivity contribution < 1.29 is 13.9 Å². The van der Waals surface area contributed by atoms with Crippen molar-refractivity contribution >= 4 is 5.95 Å². The van der Waals surface area contributed by atoms with Crippen LogP contribution in [0.1, 0.15) is 48.5 Å². The van der Waals surface area contributed by atoms with Crippen LogP contribution in [0.3, 0.4) is 0 Å². The SMILES string of the molecule is OC1CCCN(c2ncc3c(n2)CC2CCC3N2Cc2cccc(F)c2F)C1. The first-order valence-corrected chi connectivity index (χ1v) is 10.1. The van der Waals surface area contributed by atoms with Crippen LogP contribution in [0, 0.1) is 11.6 Å². The van der Waals surface area contributed by atoms with Crippen LogP contribution in [0.25, 0.3) is 0 Å². The summed E-state index contributed by atoms with van der Waals surface area (Å²) in [6, 6.07) is 4.82. The van der Waals surface area contributed by atoms with Crippen molar-refractivity contribution in [3.63, 3.8) is 0 Å². The van der Waals surface area contributed by atoms with Gasteiger partial charge in [-0.2, -0.15) is 0 Å². The van der Waals surface area contributed by atoms with Crippen LogP contribution in [-0.2, 0) is 13.0 Å². The van der Waals surface area contributed by atoms with E-state index in [0.717, 1.165) is 56.0 Å². The topological polar surface area (TPSA) is 52.5 Å². The summed E-state index contributed by atoms with van der Waals surface area (Å²) in [5, 5.41) is 9.93. The van der Waals surface area contributed by atoms with Crippen LogP contribution >= 0.6 is 0 Å². The van der Waals surface area contributed by atoms with Crippen LogP contribution in [0.4, 0.5) is 14.7 Å². The number of anilines is 1. The standard InChI is InChI=1S/C21H24F2N4O/c22-17-5-1-3-13(20(17)23)11-27-14-6-7-19(27)16-10-24-21(25-18(16)9-14)26-8-2-4-15(28)12-26/h1,3,5,10,14-15,19,28H,2,4,6-9,11-12H2. The van der Waals surface area contributed by atoms with Crippen LogP contribution in [0.5, 0.6) is 0 Å². The predicted octanol–water partition coefficient (Wildman–Crippen LogP) is 2.98. The Morgan fingerprint density at radius 2 is 2.07 bits per heavy atom. The van der Waals surface area contributed by atoms with Crippen LogP contribution < -0.4 is 4.90 Å². The van der Waals surface area contributed by atoms with Gasteiger partial charge < -0.3 is 10.0 Å². The molecule has 148 valence electrons. The molecular formula is C21H24F2N4O. The van der Waals surface area contributed by atoms with E-state index in [9.17, 15) is 13.9 Å². The smallest absolute Gasteiger partial charge is 0.225 e. The van der Waals surface area contributed by atoms with Gasteiger partial charge in [0.15, 0.2) is 11.6 Å². The van der Waals surface area contributed by atoms with Gasteiger partial charge in [-0.3, -0.25) is 4.90 Å². The van der Waals surface area contributed by atoms with E-state index in [1.54, 1.807) is 12.1 Å². The first-order valence-electron chi connectivity index (χ1n) is 10.1. The van der Waals surface area contributed by atoms with Gasteiger partial charge in [-0.25, -0.2) is 18.7 Å². The number of halogens is 2. The number of nitrogens with zero attached hydrogens (tertiary/aromatic N) is 4. The lowest BCUT2D eigenvalue weighted by molar-refractivity contribution is 0.153. The molecule has 3 aliphatic heterocycles. The predicted molar refractivity (Wildman–Crippen MR) is 101 cm³/mol. The lowest BCUT2D eigenvalue weighted by atomic mass is 9.98. The Kier molecular flexibility index (Phi) is 4.51. The quantitative estimate of drug-likeness (QED) is 0.879. The molecule has 2 fully saturated rings. The molecule has 0 saturated carbocycles. The molecule has 28 heavy (non-hydrogen) atoms. The van der Waals surface area contributed by atoms with E-state index in [-0.39, 0.29) is 18.2 Å². The second-order valence-electron chi connectivity index (χ2n) is 8.15.